The van der Waals surface area contributed by atoms with Gasteiger partial charge in [0.25, 0.3) is 0 Å². The molecule has 5 nitrogen and oxygen atoms in total. The zero-order chi connectivity index (χ0) is 10.8. The molecule has 0 radical (unpaired) electrons. The van der Waals surface area contributed by atoms with Crippen molar-refractivity contribution in [2.75, 3.05) is 31.6 Å². The van der Waals surface area contributed by atoms with Gasteiger partial charge in [-0.1, -0.05) is 0 Å². The predicted octanol–water partition coefficient (Wildman–Crippen LogP) is -0.562. The third-order valence-corrected chi connectivity index (χ3v) is 3.32. The van der Waals surface area contributed by atoms with Gasteiger partial charge in [0.1, 0.15) is 9.84 Å². The first-order chi connectivity index (χ1) is 6.38. The summed E-state index contributed by atoms with van der Waals surface area (Å²) >= 11 is 0. The van der Waals surface area contributed by atoms with E-state index >= 15 is 0 Å². The highest BCUT2D eigenvalue weighted by Gasteiger charge is 2.27. The molecule has 0 aromatic heterocycles. The molecule has 1 aliphatic heterocycles. The van der Waals surface area contributed by atoms with Crippen LogP contribution in [0.2, 0.25) is 0 Å². The van der Waals surface area contributed by atoms with Gasteiger partial charge in [0.15, 0.2) is 0 Å². The molecule has 0 saturated carbocycles. The Bertz CT molecular complexity index is 311. The van der Waals surface area contributed by atoms with E-state index in [1.54, 1.807) is 0 Å². The van der Waals surface area contributed by atoms with Crippen LogP contribution in [0, 0.1) is 5.92 Å². The van der Waals surface area contributed by atoms with Gasteiger partial charge >= 0.3 is 5.97 Å². The minimum atomic E-state index is -2.94. The van der Waals surface area contributed by atoms with Gasteiger partial charge in [0.2, 0.25) is 0 Å². The average molecular weight is 221 g/mol. The quantitative estimate of drug-likeness (QED) is 0.688. The first kappa shape index (κ1) is 11.5. The lowest BCUT2D eigenvalue weighted by Crippen LogP contribution is -2.28. The van der Waals surface area contributed by atoms with Crippen molar-refractivity contribution in [3.63, 3.8) is 0 Å². The number of aliphatic carboxylic acids is 1. The summed E-state index contributed by atoms with van der Waals surface area (Å²) in [5, 5.41) is 8.71. The zero-order valence-electron chi connectivity index (χ0n) is 8.14. The molecule has 1 heterocycles. The van der Waals surface area contributed by atoms with Gasteiger partial charge in [0.05, 0.1) is 11.7 Å². The molecule has 1 aliphatic rings. The number of hydrogen-bond acceptors (Lipinski definition) is 4. The summed E-state index contributed by atoms with van der Waals surface area (Å²) in [6, 6.07) is 0. The number of carboxylic acids is 1. The van der Waals surface area contributed by atoms with Crippen LogP contribution < -0.4 is 0 Å². The van der Waals surface area contributed by atoms with E-state index < -0.39 is 15.8 Å². The fourth-order valence-electron chi connectivity index (χ4n) is 1.53. The number of carbonyl (C=O) groups is 1. The second-order valence-corrected chi connectivity index (χ2v) is 6.01. The van der Waals surface area contributed by atoms with E-state index in [1.165, 1.54) is 6.26 Å². The normalized spacial score (nSPS) is 23.9. The van der Waals surface area contributed by atoms with Crippen LogP contribution in [0.25, 0.3) is 0 Å². The summed E-state index contributed by atoms with van der Waals surface area (Å²) < 4.78 is 21.7. The maximum absolute atomic E-state index is 10.9. The molecule has 0 spiro atoms. The molecule has 14 heavy (non-hydrogen) atoms. The van der Waals surface area contributed by atoms with E-state index in [0.29, 0.717) is 26.1 Å². The zero-order valence-corrected chi connectivity index (χ0v) is 8.96. The number of nitrogens with zero attached hydrogens (tertiary/aromatic N) is 1. The number of rotatable bonds is 4. The van der Waals surface area contributed by atoms with Gasteiger partial charge in [-0.15, -0.1) is 0 Å². The number of sulfone groups is 1. The number of hydrogen-bond donors (Lipinski definition) is 1. The van der Waals surface area contributed by atoms with Crippen molar-refractivity contribution >= 4 is 15.8 Å². The van der Waals surface area contributed by atoms with Crippen LogP contribution in [-0.2, 0) is 14.6 Å². The molecular formula is C8H15NO4S. The minimum absolute atomic E-state index is 0.110. The highest BCUT2D eigenvalue weighted by atomic mass is 32.2. The van der Waals surface area contributed by atoms with Crippen molar-refractivity contribution in [2.45, 2.75) is 6.42 Å². The predicted molar refractivity (Wildman–Crippen MR) is 51.9 cm³/mol. The van der Waals surface area contributed by atoms with Gasteiger partial charge in [-0.25, -0.2) is 8.42 Å². The van der Waals surface area contributed by atoms with Crippen LogP contribution in [0.5, 0.6) is 0 Å². The summed E-state index contributed by atoms with van der Waals surface area (Å²) in [5.41, 5.74) is 0. The molecule has 0 amide bonds. The van der Waals surface area contributed by atoms with E-state index in [-0.39, 0.29) is 11.7 Å². The first-order valence-corrected chi connectivity index (χ1v) is 6.57. The monoisotopic (exact) mass is 221 g/mol. The lowest BCUT2D eigenvalue weighted by Gasteiger charge is -2.13. The summed E-state index contributed by atoms with van der Waals surface area (Å²) in [6.07, 6.45) is 1.82. The van der Waals surface area contributed by atoms with Gasteiger partial charge in [-0.3, -0.25) is 4.79 Å². The van der Waals surface area contributed by atoms with Crippen LogP contribution in [0.3, 0.4) is 0 Å². The molecule has 1 rings (SSSR count). The van der Waals surface area contributed by atoms with E-state index in [0.717, 1.165) is 0 Å². The van der Waals surface area contributed by atoms with Crippen molar-refractivity contribution in [1.82, 2.24) is 4.90 Å². The van der Waals surface area contributed by atoms with Gasteiger partial charge < -0.3 is 10.0 Å². The van der Waals surface area contributed by atoms with Crippen LogP contribution in [0.15, 0.2) is 0 Å². The molecule has 0 bridgehead atoms. The standard InChI is InChI=1S/C8H15NO4S/c1-14(12,13)5-4-9-3-2-7(6-9)8(10)11/h7H,2-6H2,1H3,(H,10,11). The second kappa shape index (κ2) is 4.27. The van der Waals surface area contributed by atoms with Crippen molar-refractivity contribution in [2.24, 2.45) is 5.92 Å². The van der Waals surface area contributed by atoms with E-state index in [1.807, 2.05) is 4.90 Å². The molecule has 0 aromatic carbocycles. The highest BCUT2D eigenvalue weighted by molar-refractivity contribution is 7.90. The summed E-state index contributed by atoms with van der Waals surface area (Å²) in [4.78, 5) is 12.5. The molecule has 6 heteroatoms. The van der Waals surface area contributed by atoms with Gasteiger partial charge in [-0.2, -0.15) is 0 Å². The number of carboxylic acid groups (broad SMARTS) is 1. The van der Waals surface area contributed by atoms with E-state index in [4.69, 9.17) is 5.11 Å². The van der Waals surface area contributed by atoms with Crippen molar-refractivity contribution in [3.8, 4) is 0 Å². The second-order valence-electron chi connectivity index (χ2n) is 3.75. The Morgan fingerprint density at radius 1 is 1.57 bits per heavy atom. The Hall–Kier alpha value is -0.620. The maximum atomic E-state index is 10.9. The Morgan fingerprint density at radius 2 is 2.21 bits per heavy atom. The molecule has 0 aromatic rings. The fourth-order valence-corrected chi connectivity index (χ4v) is 2.12. The Kier molecular flexibility index (Phi) is 3.49. The smallest absolute Gasteiger partial charge is 0.307 e. The topological polar surface area (TPSA) is 74.7 Å². The Labute approximate surface area is 83.6 Å². The fraction of sp³-hybridized carbons (Fsp3) is 0.875. The summed E-state index contributed by atoms with van der Waals surface area (Å²) in [6.45, 7) is 1.61. The lowest BCUT2D eigenvalue weighted by molar-refractivity contribution is -0.141. The molecule has 0 aliphatic carbocycles. The molecule has 1 N–H and O–H groups in total. The van der Waals surface area contributed by atoms with Crippen molar-refractivity contribution < 1.29 is 18.3 Å². The van der Waals surface area contributed by atoms with Crippen LogP contribution >= 0.6 is 0 Å². The summed E-state index contributed by atoms with van der Waals surface area (Å²) in [5.74, 6) is -0.999. The van der Waals surface area contributed by atoms with Crippen LogP contribution in [0.1, 0.15) is 6.42 Å². The molecule has 1 saturated heterocycles. The Morgan fingerprint density at radius 3 is 2.64 bits per heavy atom. The van der Waals surface area contributed by atoms with Crippen LogP contribution in [-0.4, -0.2) is 56.0 Å². The lowest BCUT2D eigenvalue weighted by atomic mass is 10.1. The number of likely N-dealkylation sites (tertiary alicyclic amines) is 1. The first-order valence-electron chi connectivity index (χ1n) is 4.51. The van der Waals surface area contributed by atoms with E-state index in [9.17, 15) is 13.2 Å². The van der Waals surface area contributed by atoms with Gasteiger partial charge in [0, 0.05) is 19.3 Å². The third-order valence-electron chi connectivity index (χ3n) is 2.40. The third kappa shape index (κ3) is 3.63. The molecule has 1 unspecified atom stereocenters. The SMILES string of the molecule is CS(=O)(=O)CCN1CCC(C(=O)O)C1. The highest BCUT2D eigenvalue weighted by Crippen LogP contribution is 2.15. The van der Waals surface area contributed by atoms with E-state index in [2.05, 4.69) is 0 Å². The molecule has 1 atom stereocenters. The molecular weight excluding hydrogens is 206 g/mol. The minimum Gasteiger partial charge on any atom is -0.481 e. The summed E-state index contributed by atoms with van der Waals surface area (Å²) in [7, 11) is -2.94. The Balaban J connectivity index is 2.33. The van der Waals surface area contributed by atoms with Gasteiger partial charge in [-0.05, 0) is 13.0 Å². The molecule has 82 valence electrons. The van der Waals surface area contributed by atoms with Crippen molar-refractivity contribution in [1.29, 1.82) is 0 Å². The largest absolute Gasteiger partial charge is 0.481 e. The van der Waals surface area contributed by atoms with Crippen LogP contribution in [0.4, 0.5) is 0 Å². The average Bonchev–Trinajstić information content (AvgIpc) is 2.47. The maximum Gasteiger partial charge on any atom is 0.307 e. The van der Waals surface area contributed by atoms with Crippen molar-refractivity contribution in [3.05, 3.63) is 0 Å². The molecule has 1 fully saturated rings.